The van der Waals surface area contributed by atoms with Crippen molar-refractivity contribution in [2.75, 3.05) is 6.61 Å². The molecule has 0 aliphatic carbocycles. The second-order valence-corrected chi connectivity index (χ2v) is 4.89. The van der Waals surface area contributed by atoms with Gasteiger partial charge in [0.15, 0.2) is 5.58 Å². The maximum Gasteiger partial charge on any atom is 0.244 e. The third kappa shape index (κ3) is 3.45. The summed E-state index contributed by atoms with van der Waals surface area (Å²) < 4.78 is 5.47. The molecule has 5 nitrogen and oxygen atoms in total. The standard InChI is InChI=1S/C15H18N2O3/c1-10(2)12(9-18)16-14(19)7-8-15-17-11-5-3-4-6-13(11)20-15/h3-8,10,12,18H,9H2,1-2H3,(H,16,19)/t12-/m1/s1. The number of benzene rings is 1. The van der Waals surface area contributed by atoms with Crippen LogP contribution in [0.15, 0.2) is 34.8 Å². The number of carbonyl (C=O) groups excluding carboxylic acids is 1. The van der Waals surface area contributed by atoms with Crippen LogP contribution in [0, 0.1) is 5.92 Å². The van der Waals surface area contributed by atoms with Gasteiger partial charge in [-0.05, 0) is 18.1 Å². The summed E-state index contributed by atoms with van der Waals surface area (Å²) in [5, 5.41) is 11.9. The Morgan fingerprint density at radius 3 is 2.85 bits per heavy atom. The lowest BCUT2D eigenvalue weighted by molar-refractivity contribution is -0.117. The number of amides is 1. The normalized spacial score (nSPS) is 13.2. The van der Waals surface area contributed by atoms with Gasteiger partial charge in [0, 0.05) is 12.2 Å². The molecule has 0 saturated carbocycles. The molecule has 106 valence electrons. The van der Waals surface area contributed by atoms with Crippen LogP contribution in [-0.4, -0.2) is 28.6 Å². The summed E-state index contributed by atoms with van der Waals surface area (Å²) in [6.07, 6.45) is 2.87. The number of rotatable bonds is 5. The molecular formula is C15H18N2O3. The number of oxazole rings is 1. The van der Waals surface area contributed by atoms with Crippen LogP contribution in [0.4, 0.5) is 0 Å². The Morgan fingerprint density at radius 2 is 2.20 bits per heavy atom. The Kier molecular flexibility index (Phi) is 4.53. The number of aliphatic hydroxyl groups excluding tert-OH is 1. The Balaban J connectivity index is 2.03. The van der Waals surface area contributed by atoms with Crippen molar-refractivity contribution in [3.63, 3.8) is 0 Å². The van der Waals surface area contributed by atoms with Crippen LogP contribution in [0.5, 0.6) is 0 Å². The zero-order chi connectivity index (χ0) is 14.5. The summed E-state index contributed by atoms with van der Waals surface area (Å²) in [6.45, 7) is 3.79. The maximum absolute atomic E-state index is 11.7. The second kappa shape index (κ2) is 6.34. The lowest BCUT2D eigenvalue weighted by atomic mass is 10.1. The molecule has 5 heteroatoms. The Morgan fingerprint density at radius 1 is 1.45 bits per heavy atom. The molecule has 0 fully saturated rings. The molecule has 2 N–H and O–H groups in total. The van der Waals surface area contributed by atoms with Crippen molar-refractivity contribution in [1.29, 1.82) is 0 Å². The van der Waals surface area contributed by atoms with Crippen molar-refractivity contribution in [3.05, 3.63) is 36.2 Å². The van der Waals surface area contributed by atoms with E-state index in [4.69, 9.17) is 9.52 Å². The summed E-state index contributed by atoms with van der Waals surface area (Å²) in [5.74, 6) is 0.271. The average molecular weight is 274 g/mol. The largest absolute Gasteiger partial charge is 0.437 e. The Bertz CT molecular complexity index is 583. The maximum atomic E-state index is 11.7. The first kappa shape index (κ1) is 14.3. The van der Waals surface area contributed by atoms with E-state index in [1.165, 1.54) is 12.2 Å². The molecule has 1 atom stereocenters. The number of para-hydroxylation sites is 2. The number of hydrogen-bond acceptors (Lipinski definition) is 4. The van der Waals surface area contributed by atoms with Crippen LogP contribution in [0.25, 0.3) is 17.2 Å². The first-order valence-corrected chi connectivity index (χ1v) is 6.55. The van der Waals surface area contributed by atoms with E-state index in [-0.39, 0.29) is 24.5 Å². The highest BCUT2D eigenvalue weighted by Gasteiger charge is 2.13. The molecule has 0 aliphatic rings. The number of aliphatic hydroxyl groups is 1. The van der Waals surface area contributed by atoms with E-state index in [0.29, 0.717) is 11.5 Å². The van der Waals surface area contributed by atoms with Crippen LogP contribution in [-0.2, 0) is 4.79 Å². The van der Waals surface area contributed by atoms with E-state index in [0.717, 1.165) is 5.52 Å². The molecule has 1 heterocycles. The minimum Gasteiger partial charge on any atom is -0.437 e. The van der Waals surface area contributed by atoms with Gasteiger partial charge in [-0.3, -0.25) is 4.79 Å². The first-order chi connectivity index (χ1) is 9.60. The van der Waals surface area contributed by atoms with Crippen LogP contribution >= 0.6 is 0 Å². The lowest BCUT2D eigenvalue weighted by Crippen LogP contribution is -2.40. The molecule has 2 rings (SSSR count). The van der Waals surface area contributed by atoms with E-state index in [1.807, 2.05) is 38.1 Å². The van der Waals surface area contributed by atoms with Crippen molar-refractivity contribution in [2.24, 2.45) is 5.92 Å². The van der Waals surface area contributed by atoms with Crippen molar-refractivity contribution >= 4 is 23.1 Å². The number of nitrogens with one attached hydrogen (secondary N) is 1. The second-order valence-electron chi connectivity index (χ2n) is 4.89. The summed E-state index contributed by atoms with van der Waals surface area (Å²) in [7, 11) is 0. The van der Waals surface area contributed by atoms with Gasteiger partial charge in [-0.1, -0.05) is 26.0 Å². The van der Waals surface area contributed by atoms with Gasteiger partial charge in [-0.15, -0.1) is 0 Å². The van der Waals surface area contributed by atoms with Crippen LogP contribution < -0.4 is 5.32 Å². The molecule has 1 amide bonds. The molecular weight excluding hydrogens is 256 g/mol. The van der Waals surface area contributed by atoms with Crippen molar-refractivity contribution < 1.29 is 14.3 Å². The molecule has 2 aromatic rings. The van der Waals surface area contributed by atoms with Gasteiger partial charge < -0.3 is 14.8 Å². The Labute approximate surface area is 117 Å². The topological polar surface area (TPSA) is 75.4 Å². The van der Waals surface area contributed by atoms with Gasteiger partial charge >= 0.3 is 0 Å². The summed E-state index contributed by atoms with van der Waals surface area (Å²) in [6, 6.07) is 7.15. The Hall–Kier alpha value is -2.14. The number of nitrogens with zero attached hydrogens (tertiary/aromatic N) is 1. The van der Waals surface area contributed by atoms with E-state index >= 15 is 0 Å². The SMILES string of the molecule is CC(C)[C@@H](CO)NC(=O)C=Cc1nc2ccccc2o1. The van der Waals surface area contributed by atoms with Crippen molar-refractivity contribution in [1.82, 2.24) is 10.3 Å². The van der Waals surface area contributed by atoms with E-state index in [2.05, 4.69) is 10.3 Å². The van der Waals surface area contributed by atoms with Gasteiger partial charge in [-0.2, -0.15) is 0 Å². The number of hydrogen-bond donors (Lipinski definition) is 2. The third-order valence-corrected chi connectivity index (χ3v) is 3.02. The van der Waals surface area contributed by atoms with Crippen molar-refractivity contribution in [3.8, 4) is 0 Å². The zero-order valence-corrected chi connectivity index (χ0v) is 11.5. The highest BCUT2D eigenvalue weighted by molar-refractivity contribution is 5.91. The molecule has 0 bridgehead atoms. The molecule has 0 spiro atoms. The molecule has 1 aromatic carbocycles. The minimum absolute atomic E-state index is 0.0832. The molecule has 1 aromatic heterocycles. The fourth-order valence-corrected chi connectivity index (χ4v) is 1.76. The van der Waals surface area contributed by atoms with Crippen LogP contribution in [0.3, 0.4) is 0 Å². The average Bonchev–Trinajstić information content (AvgIpc) is 2.85. The smallest absolute Gasteiger partial charge is 0.244 e. The molecule has 0 unspecified atom stereocenters. The quantitative estimate of drug-likeness (QED) is 0.817. The minimum atomic E-state index is -0.278. The highest BCUT2D eigenvalue weighted by atomic mass is 16.3. The van der Waals surface area contributed by atoms with Gasteiger partial charge in [0.25, 0.3) is 0 Å². The predicted octanol–water partition coefficient (Wildman–Crippen LogP) is 1.97. The van der Waals surface area contributed by atoms with Gasteiger partial charge in [-0.25, -0.2) is 4.98 Å². The van der Waals surface area contributed by atoms with E-state index < -0.39 is 0 Å². The summed E-state index contributed by atoms with van der Waals surface area (Å²) >= 11 is 0. The van der Waals surface area contributed by atoms with Gasteiger partial charge in [0.2, 0.25) is 11.8 Å². The van der Waals surface area contributed by atoms with Crippen LogP contribution in [0.2, 0.25) is 0 Å². The fraction of sp³-hybridized carbons (Fsp3) is 0.333. The molecule has 0 radical (unpaired) electrons. The number of carbonyl (C=O) groups is 1. The zero-order valence-electron chi connectivity index (χ0n) is 11.5. The van der Waals surface area contributed by atoms with Gasteiger partial charge in [0.1, 0.15) is 5.52 Å². The third-order valence-electron chi connectivity index (χ3n) is 3.02. The van der Waals surface area contributed by atoms with Gasteiger partial charge in [0.05, 0.1) is 12.6 Å². The van der Waals surface area contributed by atoms with Crippen molar-refractivity contribution in [2.45, 2.75) is 19.9 Å². The molecule has 20 heavy (non-hydrogen) atoms. The molecule has 0 saturated heterocycles. The highest BCUT2D eigenvalue weighted by Crippen LogP contribution is 2.15. The molecule has 0 aliphatic heterocycles. The monoisotopic (exact) mass is 274 g/mol. The fourth-order valence-electron chi connectivity index (χ4n) is 1.76. The lowest BCUT2D eigenvalue weighted by Gasteiger charge is -2.18. The summed E-state index contributed by atoms with van der Waals surface area (Å²) in [5.41, 5.74) is 1.44. The van der Waals surface area contributed by atoms with E-state index in [1.54, 1.807) is 0 Å². The number of aromatic nitrogens is 1. The first-order valence-electron chi connectivity index (χ1n) is 6.55. The summed E-state index contributed by atoms with van der Waals surface area (Å²) in [4.78, 5) is 16.0. The predicted molar refractivity (Wildman–Crippen MR) is 76.9 cm³/mol. The van der Waals surface area contributed by atoms with Crippen LogP contribution in [0.1, 0.15) is 19.7 Å². The van der Waals surface area contributed by atoms with E-state index in [9.17, 15) is 4.79 Å². The number of fused-ring (bicyclic) bond motifs is 1.